The summed E-state index contributed by atoms with van der Waals surface area (Å²) in [6.45, 7) is 1.19. The molecule has 1 aromatic heterocycles. The molecule has 0 bridgehead atoms. The fraction of sp³-hybridized carbons (Fsp3) is 0.263. The van der Waals surface area contributed by atoms with Gasteiger partial charge >= 0.3 is 0 Å². The van der Waals surface area contributed by atoms with Gasteiger partial charge in [-0.2, -0.15) is 4.31 Å². The van der Waals surface area contributed by atoms with Crippen molar-refractivity contribution in [2.45, 2.75) is 11.4 Å². The number of fused-ring (bicyclic) bond motifs is 1. The normalized spacial score (nSPS) is 16.2. The Kier molecular flexibility index (Phi) is 5.58. The van der Waals surface area contributed by atoms with E-state index < -0.39 is 26.6 Å². The molecule has 0 unspecified atom stereocenters. The average molecular weight is 455 g/mol. The van der Waals surface area contributed by atoms with E-state index in [1.54, 1.807) is 18.2 Å². The van der Waals surface area contributed by atoms with Gasteiger partial charge < -0.3 is 4.98 Å². The van der Waals surface area contributed by atoms with Crippen molar-refractivity contribution in [3.8, 4) is 0 Å². The van der Waals surface area contributed by atoms with Gasteiger partial charge in [0.1, 0.15) is 22.4 Å². The summed E-state index contributed by atoms with van der Waals surface area (Å²) in [5.41, 5.74) is 0.193. The van der Waals surface area contributed by atoms with Gasteiger partial charge in [0.05, 0.1) is 17.4 Å². The molecule has 4 rings (SSSR count). The number of aromatic amines is 1. The number of halogens is 3. The van der Waals surface area contributed by atoms with Gasteiger partial charge in [-0.3, -0.25) is 9.69 Å². The van der Waals surface area contributed by atoms with Gasteiger partial charge in [-0.25, -0.2) is 22.2 Å². The highest BCUT2D eigenvalue weighted by molar-refractivity contribution is 7.89. The Hall–Kier alpha value is -2.40. The van der Waals surface area contributed by atoms with E-state index in [9.17, 15) is 22.0 Å². The number of H-pyrrole nitrogens is 1. The second kappa shape index (κ2) is 8.03. The Morgan fingerprint density at radius 2 is 1.80 bits per heavy atom. The summed E-state index contributed by atoms with van der Waals surface area (Å²) in [5, 5.41) is 0.895. The van der Waals surface area contributed by atoms with Crippen LogP contribution in [0.3, 0.4) is 0 Å². The molecule has 11 heteroatoms. The number of benzene rings is 2. The molecular weight excluding hydrogens is 438 g/mol. The minimum absolute atomic E-state index is 0.0991. The minimum atomic E-state index is -4.15. The highest BCUT2D eigenvalue weighted by atomic mass is 35.5. The topological polar surface area (TPSA) is 86.4 Å². The van der Waals surface area contributed by atoms with E-state index in [1.807, 2.05) is 4.90 Å². The van der Waals surface area contributed by atoms with Crippen molar-refractivity contribution in [2.24, 2.45) is 0 Å². The van der Waals surface area contributed by atoms with Gasteiger partial charge in [-0.15, -0.1) is 0 Å². The molecule has 158 valence electrons. The fourth-order valence-electron chi connectivity index (χ4n) is 3.39. The Morgan fingerprint density at radius 3 is 2.53 bits per heavy atom. The van der Waals surface area contributed by atoms with E-state index >= 15 is 0 Å². The van der Waals surface area contributed by atoms with Crippen LogP contribution in [0.1, 0.15) is 5.82 Å². The summed E-state index contributed by atoms with van der Waals surface area (Å²) in [6, 6.07) is 7.17. The largest absolute Gasteiger partial charge is 0.309 e. The monoisotopic (exact) mass is 454 g/mol. The second-order valence-electron chi connectivity index (χ2n) is 6.93. The van der Waals surface area contributed by atoms with E-state index in [0.717, 1.165) is 16.4 Å². The van der Waals surface area contributed by atoms with Crippen molar-refractivity contribution in [2.75, 3.05) is 26.2 Å². The highest BCUT2D eigenvalue weighted by Crippen LogP contribution is 2.22. The number of piperazine rings is 1. The molecule has 30 heavy (non-hydrogen) atoms. The van der Waals surface area contributed by atoms with Crippen LogP contribution in [0.15, 0.2) is 46.1 Å². The summed E-state index contributed by atoms with van der Waals surface area (Å²) in [7, 11) is -4.15. The van der Waals surface area contributed by atoms with Crippen molar-refractivity contribution in [1.29, 1.82) is 0 Å². The van der Waals surface area contributed by atoms with Crippen LogP contribution in [0.5, 0.6) is 0 Å². The maximum atomic E-state index is 13.9. The van der Waals surface area contributed by atoms with Crippen LogP contribution >= 0.6 is 11.6 Å². The predicted molar refractivity (Wildman–Crippen MR) is 108 cm³/mol. The Labute approximate surface area is 176 Å². The quantitative estimate of drug-likeness (QED) is 0.654. The zero-order chi connectivity index (χ0) is 21.5. The minimum Gasteiger partial charge on any atom is -0.309 e. The Morgan fingerprint density at radius 1 is 1.07 bits per heavy atom. The fourth-order valence-corrected chi connectivity index (χ4v) is 5.05. The lowest BCUT2D eigenvalue weighted by molar-refractivity contribution is 0.178. The summed E-state index contributed by atoms with van der Waals surface area (Å²) >= 11 is 5.97. The molecule has 7 nitrogen and oxygen atoms in total. The highest BCUT2D eigenvalue weighted by Gasteiger charge is 2.31. The lowest BCUT2D eigenvalue weighted by Crippen LogP contribution is -2.48. The second-order valence-corrected chi connectivity index (χ2v) is 9.27. The lowest BCUT2D eigenvalue weighted by Gasteiger charge is -2.33. The molecule has 1 aliphatic heterocycles. The van der Waals surface area contributed by atoms with Crippen molar-refractivity contribution in [3.63, 3.8) is 0 Å². The zero-order valence-corrected chi connectivity index (χ0v) is 17.2. The molecule has 1 fully saturated rings. The third-order valence-electron chi connectivity index (χ3n) is 4.93. The standard InChI is InChI=1S/C19H17ClF2N4O3S/c20-12-1-3-14-16(9-12)23-18(24-19(14)27)11-25-5-7-26(8-6-25)30(28,29)17-10-13(21)2-4-15(17)22/h1-4,9-10H,5-8,11H2,(H,23,24,27). The number of hydrogen-bond donors (Lipinski definition) is 1. The summed E-state index contributed by atoms with van der Waals surface area (Å²) in [6.07, 6.45) is 0. The SMILES string of the molecule is O=c1[nH]c(CN2CCN(S(=O)(=O)c3cc(F)ccc3F)CC2)nc2cc(Cl)ccc12. The van der Waals surface area contributed by atoms with E-state index in [2.05, 4.69) is 9.97 Å². The van der Waals surface area contributed by atoms with Gasteiger partial charge in [-0.05, 0) is 36.4 Å². The Bertz CT molecular complexity index is 1270. The number of rotatable bonds is 4. The molecule has 2 heterocycles. The first-order valence-corrected chi connectivity index (χ1v) is 10.9. The average Bonchev–Trinajstić information content (AvgIpc) is 2.70. The van der Waals surface area contributed by atoms with E-state index in [0.29, 0.717) is 47.5 Å². The molecule has 0 aliphatic carbocycles. The van der Waals surface area contributed by atoms with Crippen LogP contribution < -0.4 is 5.56 Å². The van der Waals surface area contributed by atoms with Gasteiger partial charge in [0.15, 0.2) is 0 Å². The molecule has 3 aromatic rings. The first kappa shape index (κ1) is 20.9. The predicted octanol–water partition coefficient (Wildman–Crippen LogP) is 2.36. The summed E-state index contributed by atoms with van der Waals surface area (Å²) in [5.74, 6) is -1.38. The van der Waals surface area contributed by atoms with Crippen LogP contribution in [0.4, 0.5) is 8.78 Å². The molecule has 0 saturated carbocycles. The molecule has 0 radical (unpaired) electrons. The molecule has 1 saturated heterocycles. The number of sulfonamides is 1. The van der Waals surface area contributed by atoms with Gasteiger partial charge in [0, 0.05) is 31.2 Å². The van der Waals surface area contributed by atoms with Crippen LogP contribution in [0.2, 0.25) is 5.02 Å². The molecular formula is C19H17ClF2N4O3S. The van der Waals surface area contributed by atoms with Crippen molar-refractivity contribution >= 4 is 32.5 Å². The van der Waals surface area contributed by atoms with Crippen molar-refractivity contribution in [1.82, 2.24) is 19.2 Å². The molecule has 0 atom stereocenters. The zero-order valence-electron chi connectivity index (χ0n) is 15.6. The van der Waals surface area contributed by atoms with Gasteiger partial charge in [0.2, 0.25) is 10.0 Å². The number of nitrogens with one attached hydrogen (secondary N) is 1. The maximum Gasteiger partial charge on any atom is 0.258 e. The maximum absolute atomic E-state index is 13.9. The number of aromatic nitrogens is 2. The molecule has 0 amide bonds. The van der Waals surface area contributed by atoms with Crippen LogP contribution in [-0.4, -0.2) is 53.8 Å². The first-order chi connectivity index (χ1) is 14.2. The first-order valence-electron chi connectivity index (χ1n) is 9.10. The van der Waals surface area contributed by atoms with Gasteiger partial charge in [0.25, 0.3) is 5.56 Å². The number of hydrogen-bond acceptors (Lipinski definition) is 5. The molecule has 0 spiro atoms. The smallest absolute Gasteiger partial charge is 0.258 e. The molecule has 2 aromatic carbocycles. The third-order valence-corrected chi connectivity index (χ3v) is 7.08. The summed E-state index contributed by atoms with van der Waals surface area (Å²) < 4.78 is 53.8. The van der Waals surface area contributed by atoms with Crippen molar-refractivity contribution in [3.05, 3.63) is 69.2 Å². The van der Waals surface area contributed by atoms with E-state index in [1.165, 1.54) is 0 Å². The molecule has 1 aliphatic rings. The third kappa shape index (κ3) is 4.08. The van der Waals surface area contributed by atoms with Crippen LogP contribution in [0.25, 0.3) is 10.9 Å². The van der Waals surface area contributed by atoms with E-state index in [4.69, 9.17) is 11.6 Å². The molecule has 1 N–H and O–H groups in total. The summed E-state index contributed by atoms with van der Waals surface area (Å²) in [4.78, 5) is 20.6. The lowest BCUT2D eigenvalue weighted by atomic mass is 10.2. The van der Waals surface area contributed by atoms with Crippen LogP contribution in [-0.2, 0) is 16.6 Å². The van der Waals surface area contributed by atoms with E-state index in [-0.39, 0.29) is 18.6 Å². The van der Waals surface area contributed by atoms with Gasteiger partial charge in [-0.1, -0.05) is 11.6 Å². The van der Waals surface area contributed by atoms with Crippen LogP contribution in [0, 0.1) is 11.6 Å². The Balaban J connectivity index is 1.48. The van der Waals surface area contributed by atoms with Crippen molar-refractivity contribution < 1.29 is 17.2 Å². The number of nitrogens with zero attached hydrogens (tertiary/aromatic N) is 3.